The molecule has 0 spiro atoms. The predicted molar refractivity (Wildman–Crippen MR) is 83.9 cm³/mol. The summed E-state index contributed by atoms with van der Waals surface area (Å²) in [6.45, 7) is 3.75. The van der Waals surface area contributed by atoms with E-state index in [1.807, 2.05) is 0 Å². The highest BCUT2D eigenvalue weighted by Gasteiger charge is 2.14. The van der Waals surface area contributed by atoms with Crippen molar-refractivity contribution in [2.24, 2.45) is 7.05 Å². The van der Waals surface area contributed by atoms with Gasteiger partial charge in [-0.1, -0.05) is 34.6 Å². The average Bonchev–Trinajstić information content (AvgIpc) is 2.91. The number of aryl methyl sites for hydroxylation is 1. The van der Waals surface area contributed by atoms with E-state index in [0.717, 1.165) is 5.56 Å². The van der Waals surface area contributed by atoms with Gasteiger partial charge in [0.1, 0.15) is 0 Å². The number of benzene rings is 1. The fraction of sp³-hybridized carbons (Fsp3) is 0.154. The van der Waals surface area contributed by atoms with Crippen molar-refractivity contribution in [3.63, 3.8) is 0 Å². The van der Waals surface area contributed by atoms with Crippen molar-refractivity contribution >= 4 is 33.4 Å². The number of rotatable bonds is 4. The van der Waals surface area contributed by atoms with Crippen molar-refractivity contribution < 1.29 is 9.59 Å². The standard InChI is InChI=1S/C13H13BrN6O2/c1-8(14)7-15-12(21)13(22)16-10-5-3-4-9(6-10)11-17-18-19-20(11)2/h3-6H,1,7H2,2H3,(H,15,21)(H,16,22). The first-order chi connectivity index (χ1) is 10.5. The molecule has 9 heteroatoms. The molecule has 0 radical (unpaired) electrons. The van der Waals surface area contributed by atoms with Gasteiger partial charge >= 0.3 is 11.8 Å². The van der Waals surface area contributed by atoms with E-state index in [0.29, 0.717) is 16.0 Å². The molecule has 1 heterocycles. The van der Waals surface area contributed by atoms with Gasteiger partial charge in [0.25, 0.3) is 0 Å². The molecular formula is C13H13BrN6O2. The highest BCUT2D eigenvalue weighted by Crippen LogP contribution is 2.19. The summed E-state index contributed by atoms with van der Waals surface area (Å²) in [5, 5.41) is 16.1. The number of carbonyl (C=O) groups is 2. The molecule has 0 bridgehead atoms. The second-order valence-corrected chi connectivity index (χ2v) is 5.48. The van der Waals surface area contributed by atoms with Crippen molar-refractivity contribution in [1.29, 1.82) is 0 Å². The maximum absolute atomic E-state index is 11.8. The molecule has 0 fully saturated rings. The number of anilines is 1. The zero-order chi connectivity index (χ0) is 16.1. The van der Waals surface area contributed by atoms with Gasteiger partial charge in [-0.3, -0.25) is 9.59 Å². The molecule has 2 N–H and O–H groups in total. The van der Waals surface area contributed by atoms with Crippen molar-refractivity contribution in [2.75, 3.05) is 11.9 Å². The molecule has 2 amide bonds. The fourth-order valence-electron chi connectivity index (χ4n) is 1.65. The van der Waals surface area contributed by atoms with E-state index < -0.39 is 11.8 Å². The minimum atomic E-state index is -0.762. The zero-order valence-electron chi connectivity index (χ0n) is 11.7. The first-order valence-corrected chi connectivity index (χ1v) is 7.02. The summed E-state index contributed by atoms with van der Waals surface area (Å²) < 4.78 is 2.08. The molecule has 0 aliphatic heterocycles. The monoisotopic (exact) mass is 364 g/mol. The quantitative estimate of drug-likeness (QED) is 0.782. The summed E-state index contributed by atoms with van der Waals surface area (Å²) >= 11 is 3.10. The highest BCUT2D eigenvalue weighted by molar-refractivity contribution is 9.11. The van der Waals surface area contributed by atoms with Crippen LogP contribution in [0.5, 0.6) is 0 Å². The molecule has 2 rings (SSSR count). The Labute approximate surface area is 134 Å². The Kier molecular flexibility index (Phi) is 4.99. The van der Waals surface area contributed by atoms with Crippen LogP contribution in [0.2, 0.25) is 0 Å². The van der Waals surface area contributed by atoms with Crippen LogP contribution in [-0.4, -0.2) is 38.6 Å². The van der Waals surface area contributed by atoms with Crippen LogP contribution in [0.25, 0.3) is 11.4 Å². The molecule has 114 valence electrons. The van der Waals surface area contributed by atoms with Crippen molar-refractivity contribution in [3.05, 3.63) is 35.3 Å². The van der Waals surface area contributed by atoms with E-state index in [-0.39, 0.29) is 6.54 Å². The van der Waals surface area contributed by atoms with Crippen LogP contribution < -0.4 is 10.6 Å². The number of amides is 2. The zero-order valence-corrected chi connectivity index (χ0v) is 13.3. The molecule has 22 heavy (non-hydrogen) atoms. The molecule has 0 saturated carbocycles. The van der Waals surface area contributed by atoms with E-state index in [1.54, 1.807) is 31.3 Å². The van der Waals surface area contributed by atoms with Gasteiger partial charge in [-0.25, -0.2) is 4.68 Å². The molecule has 1 aromatic carbocycles. The third-order valence-electron chi connectivity index (χ3n) is 2.65. The Morgan fingerprint density at radius 1 is 1.36 bits per heavy atom. The highest BCUT2D eigenvalue weighted by atomic mass is 79.9. The topological polar surface area (TPSA) is 102 Å². The lowest BCUT2D eigenvalue weighted by molar-refractivity contribution is -0.136. The molecule has 8 nitrogen and oxygen atoms in total. The van der Waals surface area contributed by atoms with E-state index in [4.69, 9.17) is 0 Å². The number of nitrogens with one attached hydrogen (secondary N) is 2. The summed E-state index contributed by atoms with van der Waals surface area (Å²) in [4.78, 5) is 23.4. The van der Waals surface area contributed by atoms with Gasteiger partial charge < -0.3 is 10.6 Å². The average molecular weight is 365 g/mol. The first kappa shape index (κ1) is 15.8. The number of carbonyl (C=O) groups excluding carboxylic acids is 2. The van der Waals surface area contributed by atoms with Gasteiger partial charge in [0.15, 0.2) is 5.82 Å². The Balaban J connectivity index is 2.07. The van der Waals surface area contributed by atoms with E-state index in [1.165, 1.54) is 4.68 Å². The molecule has 1 aromatic heterocycles. The Bertz CT molecular complexity index is 727. The Morgan fingerprint density at radius 2 is 2.14 bits per heavy atom. The maximum atomic E-state index is 11.8. The third kappa shape index (κ3) is 3.98. The van der Waals surface area contributed by atoms with E-state index in [9.17, 15) is 9.59 Å². The van der Waals surface area contributed by atoms with Gasteiger partial charge in [-0.2, -0.15) is 0 Å². The predicted octanol–water partition coefficient (Wildman–Crippen LogP) is 0.840. The minimum absolute atomic E-state index is 0.177. The van der Waals surface area contributed by atoms with Crippen LogP contribution in [0.4, 0.5) is 5.69 Å². The lowest BCUT2D eigenvalue weighted by Gasteiger charge is -2.07. The number of tetrazole rings is 1. The second-order valence-electron chi connectivity index (χ2n) is 4.36. The van der Waals surface area contributed by atoms with Crippen molar-refractivity contribution in [2.45, 2.75) is 0 Å². The minimum Gasteiger partial charge on any atom is -0.343 e. The van der Waals surface area contributed by atoms with Gasteiger partial charge in [0.05, 0.1) is 0 Å². The van der Waals surface area contributed by atoms with E-state index >= 15 is 0 Å². The summed E-state index contributed by atoms with van der Waals surface area (Å²) in [5.41, 5.74) is 1.19. The van der Waals surface area contributed by atoms with Crippen LogP contribution >= 0.6 is 15.9 Å². The molecule has 0 unspecified atom stereocenters. The number of hydrogen-bond donors (Lipinski definition) is 2. The van der Waals surface area contributed by atoms with Gasteiger partial charge in [-0.15, -0.1) is 5.10 Å². The van der Waals surface area contributed by atoms with Crippen molar-refractivity contribution in [1.82, 2.24) is 25.5 Å². The normalized spacial score (nSPS) is 10.1. The molecule has 0 aliphatic carbocycles. The fourth-order valence-corrected chi connectivity index (χ4v) is 1.79. The molecule has 0 saturated heterocycles. The van der Waals surface area contributed by atoms with Crippen LogP contribution in [0, 0.1) is 0 Å². The molecule has 0 aliphatic rings. The van der Waals surface area contributed by atoms with Crippen LogP contribution in [0.15, 0.2) is 35.3 Å². The van der Waals surface area contributed by atoms with Gasteiger partial charge in [-0.05, 0) is 22.6 Å². The molecule has 0 atom stereocenters. The van der Waals surface area contributed by atoms with E-state index in [2.05, 4.69) is 48.7 Å². The maximum Gasteiger partial charge on any atom is 0.313 e. The van der Waals surface area contributed by atoms with Crippen LogP contribution in [-0.2, 0) is 16.6 Å². The lowest BCUT2D eigenvalue weighted by Crippen LogP contribution is -2.35. The lowest BCUT2D eigenvalue weighted by atomic mass is 10.2. The number of halogens is 1. The number of hydrogen-bond acceptors (Lipinski definition) is 5. The number of aromatic nitrogens is 4. The second kappa shape index (κ2) is 6.94. The Morgan fingerprint density at radius 3 is 2.77 bits per heavy atom. The number of nitrogens with zero attached hydrogens (tertiary/aromatic N) is 4. The largest absolute Gasteiger partial charge is 0.343 e. The van der Waals surface area contributed by atoms with Crippen LogP contribution in [0.3, 0.4) is 0 Å². The third-order valence-corrected chi connectivity index (χ3v) is 2.93. The first-order valence-electron chi connectivity index (χ1n) is 6.22. The summed E-state index contributed by atoms with van der Waals surface area (Å²) in [7, 11) is 1.71. The van der Waals surface area contributed by atoms with Crippen LogP contribution in [0.1, 0.15) is 0 Å². The Hall–Kier alpha value is -2.55. The summed E-state index contributed by atoms with van der Waals surface area (Å²) in [6.07, 6.45) is 0. The van der Waals surface area contributed by atoms with Gasteiger partial charge in [0, 0.05) is 29.3 Å². The summed E-state index contributed by atoms with van der Waals surface area (Å²) in [5.74, 6) is -0.954. The molecular weight excluding hydrogens is 352 g/mol. The van der Waals surface area contributed by atoms with Crippen molar-refractivity contribution in [3.8, 4) is 11.4 Å². The SMILES string of the molecule is C=C(Br)CNC(=O)C(=O)Nc1cccc(-c2nnnn2C)c1. The smallest absolute Gasteiger partial charge is 0.313 e. The molecule has 2 aromatic rings. The summed E-state index contributed by atoms with van der Waals surface area (Å²) in [6, 6.07) is 6.89. The van der Waals surface area contributed by atoms with Gasteiger partial charge in [0.2, 0.25) is 0 Å².